The van der Waals surface area contributed by atoms with Crippen LogP contribution >= 0.6 is 0 Å². The standard InChI is InChI=1S/C28H29FN6O3/c1-18-7-3-6-10-23(18)35(25(36)17-34-32-27(31-33-34)20-12-14-21(29)15-13-20)26(24-16-11-19(2)38-24)28(37)30-22-8-4-5-9-22/h3,6-7,10-16,22,26H,4-5,8-9,17H2,1-2H3,(H,30,37)/t26-/m1/s1. The first-order valence-electron chi connectivity index (χ1n) is 12.7. The van der Waals surface area contributed by atoms with Crippen molar-refractivity contribution in [2.45, 2.75) is 58.2 Å². The summed E-state index contributed by atoms with van der Waals surface area (Å²) < 4.78 is 19.2. The predicted molar refractivity (Wildman–Crippen MR) is 138 cm³/mol. The van der Waals surface area contributed by atoms with Crippen molar-refractivity contribution in [3.63, 3.8) is 0 Å². The molecule has 0 aliphatic heterocycles. The molecule has 1 fully saturated rings. The van der Waals surface area contributed by atoms with E-state index in [1.807, 2.05) is 25.1 Å². The van der Waals surface area contributed by atoms with E-state index in [-0.39, 0.29) is 30.1 Å². The third-order valence-electron chi connectivity index (χ3n) is 6.71. The number of hydrogen-bond acceptors (Lipinski definition) is 6. The molecule has 2 amide bonds. The lowest BCUT2D eigenvalue weighted by molar-refractivity contribution is -0.128. The van der Waals surface area contributed by atoms with Gasteiger partial charge in [0.2, 0.25) is 5.82 Å². The number of carbonyl (C=O) groups is 2. The number of tetrazole rings is 1. The summed E-state index contributed by atoms with van der Waals surface area (Å²) in [5, 5.41) is 15.5. The molecular weight excluding hydrogens is 487 g/mol. The first-order chi connectivity index (χ1) is 18.4. The lowest BCUT2D eigenvalue weighted by Crippen LogP contribution is -2.47. The number of para-hydroxylation sites is 1. The molecule has 0 saturated heterocycles. The fourth-order valence-electron chi connectivity index (χ4n) is 4.80. The second-order valence-electron chi connectivity index (χ2n) is 9.54. The molecule has 10 heteroatoms. The van der Waals surface area contributed by atoms with Gasteiger partial charge in [-0.05, 0) is 79.9 Å². The number of carbonyl (C=O) groups excluding carboxylic acids is 2. The van der Waals surface area contributed by atoms with E-state index >= 15 is 0 Å². The number of nitrogens with zero attached hydrogens (tertiary/aromatic N) is 5. The summed E-state index contributed by atoms with van der Waals surface area (Å²) in [6.45, 7) is 3.41. The lowest BCUT2D eigenvalue weighted by Gasteiger charge is -2.31. The molecule has 0 radical (unpaired) electrons. The molecule has 0 spiro atoms. The molecule has 5 rings (SSSR count). The van der Waals surface area contributed by atoms with Crippen LogP contribution in [0.15, 0.2) is 65.1 Å². The highest BCUT2D eigenvalue weighted by Gasteiger charge is 2.37. The molecule has 0 bridgehead atoms. The predicted octanol–water partition coefficient (Wildman–Crippen LogP) is 4.52. The zero-order valence-electron chi connectivity index (χ0n) is 21.3. The van der Waals surface area contributed by atoms with Gasteiger partial charge in [0.25, 0.3) is 11.8 Å². The Hall–Kier alpha value is -4.34. The lowest BCUT2D eigenvalue weighted by atomic mass is 10.1. The number of hydrogen-bond donors (Lipinski definition) is 1. The number of rotatable bonds is 8. The largest absolute Gasteiger partial charge is 0.464 e. The van der Waals surface area contributed by atoms with Gasteiger partial charge >= 0.3 is 0 Å². The molecule has 1 N–H and O–H groups in total. The number of benzene rings is 2. The summed E-state index contributed by atoms with van der Waals surface area (Å²) in [4.78, 5) is 30.3. The van der Waals surface area contributed by atoms with Crippen molar-refractivity contribution in [2.24, 2.45) is 0 Å². The summed E-state index contributed by atoms with van der Waals surface area (Å²) in [6, 6.07) is 15.6. The zero-order valence-corrected chi connectivity index (χ0v) is 21.3. The highest BCUT2D eigenvalue weighted by atomic mass is 19.1. The third-order valence-corrected chi connectivity index (χ3v) is 6.71. The number of amides is 2. The van der Waals surface area contributed by atoms with Crippen LogP contribution < -0.4 is 10.2 Å². The molecule has 0 unspecified atom stereocenters. The van der Waals surface area contributed by atoms with Crippen molar-refractivity contribution in [3.8, 4) is 11.4 Å². The first-order valence-corrected chi connectivity index (χ1v) is 12.7. The summed E-state index contributed by atoms with van der Waals surface area (Å²) in [5.74, 6) is 0.174. The van der Waals surface area contributed by atoms with Crippen LogP contribution in [0.25, 0.3) is 11.4 Å². The minimum absolute atomic E-state index is 0.0603. The number of nitrogens with one attached hydrogen (secondary N) is 1. The number of aromatic nitrogens is 4. The molecule has 2 aromatic carbocycles. The molecule has 2 heterocycles. The van der Waals surface area contributed by atoms with Gasteiger partial charge in [-0.15, -0.1) is 10.2 Å². The van der Waals surface area contributed by atoms with Crippen LogP contribution in [0.4, 0.5) is 10.1 Å². The molecular formula is C28H29FN6O3. The molecule has 9 nitrogen and oxygen atoms in total. The first kappa shape index (κ1) is 25.3. The Kier molecular flexibility index (Phi) is 7.30. The van der Waals surface area contributed by atoms with Crippen molar-refractivity contribution in [1.82, 2.24) is 25.5 Å². The maximum absolute atomic E-state index is 13.9. The van der Waals surface area contributed by atoms with Gasteiger partial charge in [0.1, 0.15) is 23.9 Å². The van der Waals surface area contributed by atoms with Crippen molar-refractivity contribution in [3.05, 3.63) is 83.6 Å². The molecule has 38 heavy (non-hydrogen) atoms. The third kappa shape index (κ3) is 5.49. The van der Waals surface area contributed by atoms with Crippen LogP contribution in [0.2, 0.25) is 0 Å². The SMILES string of the molecule is Cc1ccc([C@H](C(=O)NC2CCCC2)N(C(=O)Cn2nnc(-c3ccc(F)cc3)n2)c2ccccc2C)o1. The zero-order chi connectivity index (χ0) is 26.6. The number of halogens is 1. The molecule has 4 aromatic rings. The highest BCUT2D eigenvalue weighted by Crippen LogP contribution is 2.32. The Morgan fingerprint density at radius 3 is 2.50 bits per heavy atom. The Balaban J connectivity index is 1.49. The van der Waals surface area contributed by atoms with E-state index in [0.717, 1.165) is 31.2 Å². The fourth-order valence-corrected chi connectivity index (χ4v) is 4.80. The van der Waals surface area contributed by atoms with Gasteiger partial charge in [-0.25, -0.2) is 4.39 Å². The molecule has 1 aliphatic rings. The maximum Gasteiger partial charge on any atom is 0.251 e. The Morgan fingerprint density at radius 1 is 1.08 bits per heavy atom. The molecule has 1 atom stereocenters. The Bertz CT molecular complexity index is 1420. The van der Waals surface area contributed by atoms with Gasteiger partial charge in [-0.3, -0.25) is 14.5 Å². The van der Waals surface area contributed by atoms with Gasteiger partial charge < -0.3 is 9.73 Å². The van der Waals surface area contributed by atoms with Gasteiger partial charge in [-0.2, -0.15) is 4.80 Å². The quantitative estimate of drug-likeness (QED) is 0.369. The number of furan rings is 1. The summed E-state index contributed by atoms with van der Waals surface area (Å²) in [7, 11) is 0. The number of aryl methyl sites for hydroxylation is 2. The van der Waals surface area contributed by atoms with E-state index in [0.29, 0.717) is 22.8 Å². The van der Waals surface area contributed by atoms with Gasteiger partial charge in [0.15, 0.2) is 6.04 Å². The Morgan fingerprint density at radius 2 is 1.82 bits per heavy atom. The van der Waals surface area contributed by atoms with Crippen LogP contribution in [0.1, 0.15) is 48.8 Å². The minimum Gasteiger partial charge on any atom is -0.464 e. The van der Waals surface area contributed by atoms with Crippen LogP contribution in [-0.2, 0) is 16.1 Å². The molecule has 1 saturated carbocycles. The van der Waals surface area contributed by atoms with E-state index in [9.17, 15) is 14.0 Å². The second kappa shape index (κ2) is 11.0. The average molecular weight is 517 g/mol. The topological polar surface area (TPSA) is 106 Å². The Labute approximate surface area is 219 Å². The molecule has 196 valence electrons. The van der Waals surface area contributed by atoms with E-state index in [4.69, 9.17) is 4.42 Å². The van der Waals surface area contributed by atoms with Gasteiger partial charge in [0, 0.05) is 17.3 Å². The van der Waals surface area contributed by atoms with Gasteiger partial charge in [-0.1, -0.05) is 31.0 Å². The highest BCUT2D eigenvalue weighted by molar-refractivity contribution is 6.01. The van der Waals surface area contributed by atoms with E-state index in [2.05, 4.69) is 20.7 Å². The second-order valence-corrected chi connectivity index (χ2v) is 9.54. The van der Waals surface area contributed by atoms with Crippen molar-refractivity contribution >= 4 is 17.5 Å². The van der Waals surface area contributed by atoms with Crippen LogP contribution in [0.3, 0.4) is 0 Å². The maximum atomic E-state index is 13.9. The minimum atomic E-state index is -1.03. The summed E-state index contributed by atoms with van der Waals surface area (Å²) in [6.07, 6.45) is 3.93. The van der Waals surface area contributed by atoms with Crippen molar-refractivity contribution < 1.29 is 18.4 Å². The fraction of sp³-hybridized carbons (Fsp3) is 0.321. The van der Waals surface area contributed by atoms with Crippen LogP contribution in [-0.4, -0.2) is 38.1 Å². The van der Waals surface area contributed by atoms with E-state index < -0.39 is 11.9 Å². The van der Waals surface area contributed by atoms with E-state index in [1.165, 1.54) is 21.8 Å². The van der Waals surface area contributed by atoms with Crippen molar-refractivity contribution in [2.75, 3.05) is 4.90 Å². The van der Waals surface area contributed by atoms with E-state index in [1.54, 1.807) is 37.3 Å². The van der Waals surface area contributed by atoms with Crippen molar-refractivity contribution in [1.29, 1.82) is 0 Å². The normalized spacial score (nSPS) is 14.4. The molecule has 2 aromatic heterocycles. The summed E-state index contributed by atoms with van der Waals surface area (Å²) >= 11 is 0. The molecule has 1 aliphatic carbocycles. The van der Waals surface area contributed by atoms with Gasteiger partial charge in [0.05, 0.1) is 0 Å². The monoisotopic (exact) mass is 516 g/mol. The summed E-state index contributed by atoms with van der Waals surface area (Å²) in [5.41, 5.74) is 1.97. The van der Waals surface area contributed by atoms with Crippen LogP contribution in [0.5, 0.6) is 0 Å². The van der Waals surface area contributed by atoms with Crippen LogP contribution in [0, 0.1) is 19.7 Å². The average Bonchev–Trinajstić information content (AvgIpc) is 3.67. The smallest absolute Gasteiger partial charge is 0.251 e. The number of anilines is 1.